The lowest BCUT2D eigenvalue weighted by atomic mass is 10.2. The number of aryl methyl sites for hydroxylation is 1. The van der Waals surface area contributed by atoms with Crippen molar-refractivity contribution in [3.63, 3.8) is 0 Å². The highest BCUT2D eigenvalue weighted by Crippen LogP contribution is 2.43. The Morgan fingerprint density at radius 3 is 2.42 bits per heavy atom. The molecule has 0 atom stereocenters. The average molecular weight is 485 g/mol. The molecular formula is C20H14ClF5N6O. The van der Waals surface area contributed by atoms with Gasteiger partial charge in [-0.2, -0.15) is 32.1 Å². The van der Waals surface area contributed by atoms with E-state index in [4.69, 9.17) is 11.6 Å². The van der Waals surface area contributed by atoms with Crippen LogP contribution in [0.5, 0.6) is 0 Å². The Labute approximate surface area is 187 Å². The number of nitrogens with zero attached hydrogens (tertiary/aromatic N) is 5. The molecule has 0 aliphatic heterocycles. The van der Waals surface area contributed by atoms with E-state index in [1.807, 2.05) is 12.1 Å². The maximum Gasteiger partial charge on any atom is 0.459 e. The molecule has 1 amide bonds. The molecular weight excluding hydrogens is 471 g/mol. The first-order valence-electron chi connectivity index (χ1n) is 9.36. The zero-order chi connectivity index (χ0) is 24.0. The molecule has 0 fully saturated rings. The van der Waals surface area contributed by atoms with Crippen molar-refractivity contribution in [1.82, 2.24) is 24.4 Å². The second-order valence-electron chi connectivity index (χ2n) is 7.13. The molecule has 0 bridgehead atoms. The van der Waals surface area contributed by atoms with Gasteiger partial charge in [0, 0.05) is 29.0 Å². The van der Waals surface area contributed by atoms with E-state index in [9.17, 15) is 26.7 Å². The molecule has 0 unspecified atom stereocenters. The summed E-state index contributed by atoms with van der Waals surface area (Å²) in [7, 11) is 0. The van der Waals surface area contributed by atoms with Gasteiger partial charge in [-0.3, -0.25) is 9.48 Å². The van der Waals surface area contributed by atoms with Crippen molar-refractivity contribution in [1.29, 1.82) is 0 Å². The van der Waals surface area contributed by atoms with Gasteiger partial charge >= 0.3 is 12.1 Å². The van der Waals surface area contributed by atoms with Gasteiger partial charge in [-0.25, -0.2) is 9.50 Å². The molecule has 0 saturated carbocycles. The monoisotopic (exact) mass is 484 g/mol. The molecule has 3 aromatic heterocycles. The number of nitrogens with one attached hydrogen (secondary N) is 1. The topological polar surface area (TPSA) is 77.1 Å². The summed E-state index contributed by atoms with van der Waals surface area (Å²) in [6.07, 6.45) is -4.25. The quantitative estimate of drug-likeness (QED) is 0.411. The van der Waals surface area contributed by atoms with Gasteiger partial charge in [-0.1, -0.05) is 23.7 Å². The second-order valence-corrected chi connectivity index (χ2v) is 7.57. The molecule has 0 aliphatic carbocycles. The number of carbonyl (C=O) groups is 1. The predicted molar refractivity (Wildman–Crippen MR) is 108 cm³/mol. The Kier molecular flexibility index (Phi) is 5.56. The number of alkyl halides is 5. The first-order valence-corrected chi connectivity index (χ1v) is 9.73. The lowest BCUT2D eigenvalue weighted by Gasteiger charge is -2.20. The first-order chi connectivity index (χ1) is 15.4. The van der Waals surface area contributed by atoms with Crippen LogP contribution in [0.3, 0.4) is 0 Å². The Hall–Kier alpha value is -3.54. The van der Waals surface area contributed by atoms with Crippen LogP contribution in [-0.4, -0.2) is 36.5 Å². The number of hydrogen-bond donors (Lipinski definition) is 1. The fraction of sp³-hybridized carbons (Fsp3) is 0.200. The third-order valence-corrected chi connectivity index (χ3v) is 4.86. The molecule has 3 heterocycles. The van der Waals surface area contributed by atoms with Crippen molar-refractivity contribution in [3.05, 3.63) is 76.3 Å². The van der Waals surface area contributed by atoms with Crippen LogP contribution in [0.4, 0.5) is 27.8 Å². The number of benzene rings is 1. The minimum absolute atomic E-state index is 0.0887. The van der Waals surface area contributed by atoms with Crippen molar-refractivity contribution in [2.24, 2.45) is 0 Å². The van der Waals surface area contributed by atoms with Gasteiger partial charge < -0.3 is 5.32 Å². The molecule has 172 valence electrons. The number of carbonyl (C=O) groups excluding carboxylic acids is 1. The van der Waals surface area contributed by atoms with Crippen LogP contribution in [0.1, 0.15) is 27.4 Å². The fourth-order valence-corrected chi connectivity index (χ4v) is 3.18. The van der Waals surface area contributed by atoms with E-state index in [-0.39, 0.29) is 17.2 Å². The standard InChI is InChI=1S/C20H14ClF5N6O/c1-11-8-15(19(22,23)20(24,25)26)32-17(27-11)9-14(29-32)18(33)28-16-6-7-31(30-16)10-12-2-4-13(21)5-3-12/h2-9H,10H2,1H3,(H,28,30,33). The molecule has 1 aromatic carbocycles. The van der Waals surface area contributed by atoms with Crippen LogP contribution in [-0.2, 0) is 12.5 Å². The van der Waals surface area contributed by atoms with E-state index in [0.29, 0.717) is 22.1 Å². The van der Waals surface area contributed by atoms with E-state index < -0.39 is 29.4 Å². The minimum Gasteiger partial charge on any atom is -0.304 e. The molecule has 33 heavy (non-hydrogen) atoms. The summed E-state index contributed by atoms with van der Waals surface area (Å²) in [4.78, 5) is 16.4. The molecule has 4 rings (SSSR count). The van der Waals surface area contributed by atoms with Gasteiger partial charge in [-0.05, 0) is 30.7 Å². The Bertz CT molecular complexity index is 1330. The summed E-state index contributed by atoms with van der Waals surface area (Å²) in [5, 5.41) is 10.8. The molecule has 0 spiro atoms. The summed E-state index contributed by atoms with van der Waals surface area (Å²) in [5.41, 5.74) is -1.36. The fourth-order valence-electron chi connectivity index (χ4n) is 3.05. The van der Waals surface area contributed by atoms with Crippen LogP contribution >= 0.6 is 11.6 Å². The van der Waals surface area contributed by atoms with Crippen LogP contribution in [0.25, 0.3) is 5.65 Å². The third-order valence-electron chi connectivity index (χ3n) is 4.61. The lowest BCUT2D eigenvalue weighted by Crippen LogP contribution is -2.36. The minimum atomic E-state index is -5.85. The summed E-state index contributed by atoms with van der Waals surface area (Å²) in [6.45, 7) is 1.65. The van der Waals surface area contributed by atoms with E-state index >= 15 is 0 Å². The Morgan fingerprint density at radius 1 is 1.06 bits per heavy atom. The zero-order valence-electron chi connectivity index (χ0n) is 16.7. The highest BCUT2D eigenvalue weighted by atomic mass is 35.5. The lowest BCUT2D eigenvalue weighted by molar-refractivity contribution is -0.291. The molecule has 1 N–H and O–H groups in total. The predicted octanol–water partition coefficient (Wildman–Crippen LogP) is 4.84. The number of amides is 1. The number of fused-ring (bicyclic) bond motifs is 1. The molecule has 7 nitrogen and oxygen atoms in total. The molecule has 4 aromatic rings. The smallest absolute Gasteiger partial charge is 0.304 e. The van der Waals surface area contributed by atoms with Gasteiger partial charge in [0.25, 0.3) is 5.91 Å². The van der Waals surface area contributed by atoms with Crippen LogP contribution in [0, 0.1) is 6.92 Å². The summed E-state index contributed by atoms with van der Waals surface area (Å²) < 4.78 is 68.6. The van der Waals surface area contributed by atoms with Crippen molar-refractivity contribution in [2.75, 3.05) is 5.32 Å². The van der Waals surface area contributed by atoms with Gasteiger partial charge in [0.1, 0.15) is 5.69 Å². The van der Waals surface area contributed by atoms with Crippen molar-refractivity contribution in [3.8, 4) is 0 Å². The number of rotatable bonds is 5. The largest absolute Gasteiger partial charge is 0.459 e. The van der Waals surface area contributed by atoms with Gasteiger partial charge in [-0.15, -0.1) is 0 Å². The molecule has 0 saturated heterocycles. The SMILES string of the molecule is Cc1cc(C(F)(F)C(F)(F)F)n2nc(C(=O)Nc3ccn(Cc4ccc(Cl)cc4)n3)cc2n1. The van der Waals surface area contributed by atoms with Crippen LogP contribution in [0.2, 0.25) is 5.02 Å². The number of anilines is 1. The van der Waals surface area contributed by atoms with E-state index in [2.05, 4.69) is 20.5 Å². The maximum atomic E-state index is 14.0. The molecule has 0 radical (unpaired) electrons. The van der Waals surface area contributed by atoms with Gasteiger partial charge in [0.2, 0.25) is 0 Å². The summed E-state index contributed by atoms with van der Waals surface area (Å²) >= 11 is 5.85. The molecule has 13 heteroatoms. The molecule has 0 aliphatic rings. The van der Waals surface area contributed by atoms with Gasteiger partial charge in [0.05, 0.1) is 6.54 Å². The van der Waals surface area contributed by atoms with E-state index in [1.54, 1.807) is 18.3 Å². The highest BCUT2D eigenvalue weighted by Gasteiger charge is 2.60. The second kappa shape index (κ2) is 8.10. The average Bonchev–Trinajstić information content (AvgIpc) is 3.35. The van der Waals surface area contributed by atoms with Crippen molar-refractivity contribution < 1.29 is 26.7 Å². The van der Waals surface area contributed by atoms with Crippen LogP contribution in [0.15, 0.2) is 48.7 Å². The zero-order valence-corrected chi connectivity index (χ0v) is 17.5. The maximum absolute atomic E-state index is 14.0. The summed E-state index contributed by atoms with van der Waals surface area (Å²) in [6, 6.07) is 10.1. The Balaban J connectivity index is 1.57. The Morgan fingerprint density at radius 2 is 1.76 bits per heavy atom. The van der Waals surface area contributed by atoms with Gasteiger partial charge in [0.15, 0.2) is 17.2 Å². The van der Waals surface area contributed by atoms with Crippen molar-refractivity contribution in [2.45, 2.75) is 25.6 Å². The third kappa shape index (κ3) is 4.51. The highest BCUT2D eigenvalue weighted by molar-refractivity contribution is 6.30. The first kappa shape index (κ1) is 22.6. The number of aromatic nitrogens is 5. The normalized spacial score (nSPS) is 12.3. The van der Waals surface area contributed by atoms with E-state index in [1.165, 1.54) is 17.7 Å². The number of hydrogen-bond acceptors (Lipinski definition) is 4. The van der Waals surface area contributed by atoms with Crippen LogP contribution < -0.4 is 5.32 Å². The van der Waals surface area contributed by atoms with E-state index in [0.717, 1.165) is 11.6 Å². The number of halogens is 6. The summed E-state index contributed by atoms with van der Waals surface area (Å²) in [5.74, 6) is -5.91. The van der Waals surface area contributed by atoms with Crippen molar-refractivity contribution >= 4 is 29.0 Å².